The summed E-state index contributed by atoms with van der Waals surface area (Å²) in [5, 5.41) is 12.5. The Morgan fingerprint density at radius 1 is 1.57 bits per heavy atom. The highest BCUT2D eigenvalue weighted by atomic mass is 16.5. The first-order chi connectivity index (χ1) is 6.76. The summed E-state index contributed by atoms with van der Waals surface area (Å²) in [6.45, 7) is 5.66. The molecule has 80 valence electrons. The maximum atomic E-state index is 9.19. The van der Waals surface area contributed by atoms with Crippen LogP contribution < -0.4 is 5.32 Å². The Bertz CT molecular complexity index is 206. The summed E-state index contributed by atoms with van der Waals surface area (Å²) in [6.07, 6.45) is 4.26. The molecule has 0 saturated heterocycles. The van der Waals surface area contributed by atoms with Gasteiger partial charge in [-0.1, -0.05) is 6.92 Å². The minimum absolute atomic E-state index is 0.271. The fraction of sp³-hybridized carbons (Fsp3) is 0.909. The molecule has 1 fully saturated rings. The van der Waals surface area contributed by atoms with Gasteiger partial charge >= 0.3 is 0 Å². The van der Waals surface area contributed by atoms with Gasteiger partial charge in [0.05, 0.1) is 12.2 Å². The van der Waals surface area contributed by atoms with E-state index >= 15 is 0 Å². The van der Waals surface area contributed by atoms with Crippen molar-refractivity contribution in [1.29, 1.82) is 5.26 Å². The minimum Gasteiger partial charge on any atom is -0.378 e. The Morgan fingerprint density at radius 2 is 2.36 bits per heavy atom. The molecule has 1 aliphatic rings. The van der Waals surface area contributed by atoms with Crippen LogP contribution >= 0.6 is 0 Å². The van der Waals surface area contributed by atoms with E-state index in [-0.39, 0.29) is 11.6 Å². The zero-order chi connectivity index (χ0) is 10.4. The molecule has 0 spiro atoms. The van der Waals surface area contributed by atoms with E-state index in [9.17, 15) is 5.26 Å². The van der Waals surface area contributed by atoms with Crippen molar-refractivity contribution < 1.29 is 4.74 Å². The molecular formula is C11H20N2O. The third-order valence-electron chi connectivity index (χ3n) is 2.84. The van der Waals surface area contributed by atoms with Gasteiger partial charge < -0.3 is 4.74 Å². The molecule has 0 bridgehead atoms. The molecule has 2 atom stereocenters. The zero-order valence-corrected chi connectivity index (χ0v) is 9.18. The van der Waals surface area contributed by atoms with E-state index in [2.05, 4.69) is 11.4 Å². The molecule has 0 aromatic carbocycles. The van der Waals surface area contributed by atoms with Crippen molar-refractivity contribution in [3.8, 4) is 6.07 Å². The average molecular weight is 196 g/mol. The van der Waals surface area contributed by atoms with Gasteiger partial charge in [0.25, 0.3) is 0 Å². The van der Waals surface area contributed by atoms with Gasteiger partial charge in [0.1, 0.15) is 5.54 Å². The normalized spacial score (nSPS) is 32.5. The standard InChI is InChI=1S/C11H20N2O/c1-3-13-11(9-12)7-5-6-10(8-11)14-4-2/h10,13H,3-8H2,1-2H3. The van der Waals surface area contributed by atoms with Crippen LogP contribution in [0.5, 0.6) is 0 Å². The lowest BCUT2D eigenvalue weighted by atomic mass is 9.81. The summed E-state index contributed by atoms with van der Waals surface area (Å²) in [6, 6.07) is 2.42. The van der Waals surface area contributed by atoms with E-state index in [0.29, 0.717) is 0 Å². The second-order valence-electron chi connectivity index (χ2n) is 3.90. The van der Waals surface area contributed by atoms with Crippen molar-refractivity contribution in [3.05, 3.63) is 0 Å². The highest BCUT2D eigenvalue weighted by Crippen LogP contribution is 2.29. The van der Waals surface area contributed by atoms with E-state index in [1.807, 2.05) is 13.8 Å². The Hall–Kier alpha value is -0.590. The lowest BCUT2D eigenvalue weighted by Gasteiger charge is -2.36. The lowest BCUT2D eigenvalue weighted by molar-refractivity contribution is 0.0165. The van der Waals surface area contributed by atoms with Crippen LogP contribution in [-0.4, -0.2) is 24.8 Å². The van der Waals surface area contributed by atoms with Crippen LogP contribution in [0.25, 0.3) is 0 Å². The molecule has 0 radical (unpaired) electrons. The summed E-state index contributed by atoms with van der Waals surface area (Å²) in [5.74, 6) is 0. The van der Waals surface area contributed by atoms with Crippen LogP contribution in [0.2, 0.25) is 0 Å². The van der Waals surface area contributed by atoms with Crippen molar-refractivity contribution >= 4 is 0 Å². The molecule has 2 unspecified atom stereocenters. The van der Waals surface area contributed by atoms with Gasteiger partial charge in [-0.3, -0.25) is 5.32 Å². The quantitative estimate of drug-likeness (QED) is 0.746. The van der Waals surface area contributed by atoms with Crippen LogP contribution in [-0.2, 0) is 4.74 Å². The van der Waals surface area contributed by atoms with Gasteiger partial charge in [0.15, 0.2) is 0 Å². The predicted octanol–water partition coefficient (Wildman–Crippen LogP) is 1.84. The summed E-state index contributed by atoms with van der Waals surface area (Å²) in [7, 11) is 0. The van der Waals surface area contributed by atoms with Crippen molar-refractivity contribution in [2.24, 2.45) is 0 Å². The first-order valence-corrected chi connectivity index (χ1v) is 5.54. The third kappa shape index (κ3) is 2.70. The van der Waals surface area contributed by atoms with E-state index in [0.717, 1.165) is 38.8 Å². The van der Waals surface area contributed by atoms with Gasteiger partial charge in [-0.05, 0) is 32.7 Å². The first kappa shape index (κ1) is 11.5. The second-order valence-corrected chi connectivity index (χ2v) is 3.90. The number of hydrogen-bond acceptors (Lipinski definition) is 3. The van der Waals surface area contributed by atoms with E-state index < -0.39 is 0 Å². The molecule has 0 heterocycles. The Kier molecular flexibility index (Phi) is 4.37. The lowest BCUT2D eigenvalue weighted by Crippen LogP contribution is -2.49. The first-order valence-electron chi connectivity index (χ1n) is 5.54. The van der Waals surface area contributed by atoms with Gasteiger partial charge in [0, 0.05) is 13.0 Å². The minimum atomic E-state index is -0.327. The van der Waals surface area contributed by atoms with Gasteiger partial charge in [-0.15, -0.1) is 0 Å². The second kappa shape index (κ2) is 5.33. The van der Waals surface area contributed by atoms with Gasteiger partial charge in [-0.2, -0.15) is 5.26 Å². The Balaban J connectivity index is 2.55. The molecule has 1 aliphatic carbocycles. The fourth-order valence-electron chi connectivity index (χ4n) is 2.24. The summed E-state index contributed by atoms with van der Waals surface area (Å²) in [4.78, 5) is 0. The Morgan fingerprint density at radius 3 is 2.93 bits per heavy atom. The third-order valence-corrected chi connectivity index (χ3v) is 2.84. The molecular weight excluding hydrogens is 176 g/mol. The molecule has 0 aromatic heterocycles. The number of rotatable bonds is 4. The molecule has 1 saturated carbocycles. The van der Waals surface area contributed by atoms with E-state index in [1.54, 1.807) is 0 Å². The van der Waals surface area contributed by atoms with Crippen molar-refractivity contribution in [2.75, 3.05) is 13.2 Å². The zero-order valence-electron chi connectivity index (χ0n) is 9.18. The summed E-state index contributed by atoms with van der Waals surface area (Å²) < 4.78 is 5.60. The molecule has 3 nitrogen and oxygen atoms in total. The summed E-state index contributed by atoms with van der Waals surface area (Å²) in [5.41, 5.74) is -0.327. The van der Waals surface area contributed by atoms with E-state index in [1.165, 1.54) is 0 Å². The van der Waals surface area contributed by atoms with E-state index in [4.69, 9.17) is 4.74 Å². The smallest absolute Gasteiger partial charge is 0.109 e. The van der Waals surface area contributed by atoms with Crippen molar-refractivity contribution in [2.45, 2.75) is 51.2 Å². The summed E-state index contributed by atoms with van der Waals surface area (Å²) >= 11 is 0. The number of nitriles is 1. The van der Waals surface area contributed by atoms with Crippen LogP contribution in [0.4, 0.5) is 0 Å². The highest BCUT2D eigenvalue weighted by Gasteiger charge is 2.35. The van der Waals surface area contributed by atoms with Gasteiger partial charge in [0.2, 0.25) is 0 Å². The highest BCUT2D eigenvalue weighted by molar-refractivity contribution is 5.10. The van der Waals surface area contributed by atoms with Crippen LogP contribution in [0.15, 0.2) is 0 Å². The number of nitrogens with one attached hydrogen (secondary N) is 1. The van der Waals surface area contributed by atoms with Crippen molar-refractivity contribution in [3.63, 3.8) is 0 Å². The van der Waals surface area contributed by atoms with Crippen LogP contribution in [0, 0.1) is 11.3 Å². The van der Waals surface area contributed by atoms with Crippen molar-refractivity contribution in [1.82, 2.24) is 5.32 Å². The number of hydrogen-bond donors (Lipinski definition) is 1. The Labute approximate surface area is 86.4 Å². The molecule has 3 heteroatoms. The maximum Gasteiger partial charge on any atom is 0.109 e. The molecule has 0 aromatic rings. The molecule has 1 N–H and O–H groups in total. The SMILES string of the molecule is CCNC1(C#N)CCCC(OCC)C1. The molecule has 0 aliphatic heterocycles. The topological polar surface area (TPSA) is 45.0 Å². The largest absolute Gasteiger partial charge is 0.378 e. The van der Waals surface area contributed by atoms with Gasteiger partial charge in [-0.25, -0.2) is 0 Å². The predicted molar refractivity (Wildman–Crippen MR) is 55.9 cm³/mol. The van der Waals surface area contributed by atoms with Crippen LogP contribution in [0.1, 0.15) is 39.5 Å². The molecule has 1 rings (SSSR count). The fourth-order valence-corrected chi connectivity index (χ4v) is 2.24. The number of nitrogens with zero attached hydrogens (tertiary/aromatic N) is 1. The van der Waals surface area contributed by atoms with Crippen LogP contribution in [0.3, 0.4) is 0 Å². The molecule has 0 amide bonds. The maximum absolute atomic E-state index is 9.19. The number of ether oxygens (including phenoxy) is 1. The monoisotopic (exact) mass is 196 g/mol. The molecule has 14 heavy (non-hydrogen) atoms. The average Bonchev–Trinajstić information content (AvgIpc) is 2.19.